The molecule has 1 amide bonds. The van der Waals surface area contributed by atoms with E-state index in [0.29, 0.717) is 12.8 Å². The molecule has 0 saturated heterocycles. The largest absolute Gasteiger partial charge is 0.368 e. The molecule has 0 bridgehead atoms. The van der Waals surface area contributed by atoms with Crippen molar-refractivity contribution in [1.29, 1.82) is 0 Å². The number of nitrogens with one attached hydrogen (secondary N) is 1. The molecule has 0 rings (SSSR count). The van der Waals surface area contributed by atoms with Gasteiger partial charge in [0.1, 0.15) is 0 Å². The maximum absolute atomic E-state index is 10.9. The molecule has 0 heterocycles. The average Bonchev–Trinajstić information content (AvgIpc) is 2.11. The monoisotopic (exact) mass is 182 g/mol. The highest BCUT2D eigenvalue weighted by Crippen LogP contribution is 2.00. The molecular formula is C10H18N2O. The summed E-state index contributed by atoms with van der Waals surface area (Å²) in [4.78, 5) is 10.9. The van der Waals surface area contributed by atoms with Gasteiger partial charge in [-0.1, -0.05) is 13.8 Å². The molecule has 0 spiro atoms. The quantitative estimate of drug-likeness (QED) is 0.592. The molecule has 0 fully saturated rings. The SMILES string of the molecule is C#CCC(CC)NC(CC)C(N)=O. The van der Waals surface area contributed by atoms with E-state index in [2.05, 4.69) is 11.2 Å². The van der Waals surface area contributed by atoms with E-state index >= 15 is 0 Å². The molecule has 0 radical (unpaired) electrons. The molecule has 0 aliphatic heterocycles. The van der Waals surface area contributed by atoms with Crippen LogP contribution in [0.1, 0.15) is 33.1 Å². The third-order valence-corrected chi connectivity index (χ3v) is 2.05. The van der Waals surface area contributed by atoms with Crippen LogP contribution in [0.15, 0.2) is 0 Å². The smallest absolute Gasteiger partial charge is 0.234 e. The molecule has 3 N–H and O–H groups in total. The van der Waals surface area contributed by atoms with Crippen LogP contribution in [0, 0.1) is 12.3 Å². The van der Waals surface area contributed by atoms with Gasteiger partial charge in [-0.15, -0.1) is 12.3 Å². The van der Waals surface area contributed by atoms with Crippen LogP contribution in [-0.4, -0.2) is 18.0 Å². The van der Waals surface area contributed by atoms with Gasteiger partial charge in [0.2, 0.25) is 5.91 Å². The summed E-state index contributed by atoms with van der Waals surface area (Å²) < 4.78 is 0. The summed E-state index contributed by atoms with van der Waals surface area (Å²) in [5.74, 6) is 2.27. The third-order valence-electron chi connectivity index (χ3n) is 2.05. The fourth-order valence-electron chi connectivity index (χ4n) is 1.15. The fraction of sp³-hybridized carbons (Fsp3) is 0.700. The molecule has 2 atom stereocenters. The number of hydrogen-bond donors (Lipinski definition) is 2. The van der Waals surface area contributed by atoms with Crippen molar-refractivity contribution >= 4 is 5.91 Å². The lowest BCUT2D eigenvalue weighted by molar-refractivity contribution is -0.120. The Balaban J connectivity index is 4.04. The van der Waals surface area contributed by atoms with Gasteiger partial charge in [-0.05, 0) is 12.8 Å². The lowest BCUT2D eigenvalue weighted by Gasteiger charge is -2.20. The van der Waals surface area contributed by atoms with Crippen LogP contribution in [0.4, 0.5) is 0 Å². The summed E-state index contributed by atoms with van der Waals surface area (Å²) in [6.07, 6.45) is 7.45. The van der Waals surface area contributed by atoms with Crippen LogP contribution in [-0.2, 0) is 4.79 Å². The fourth-order valence-corrected chi connectivity index (χ4v) is 1.15. The summed E-state index contributed by atoms with van der Waals surface area (Å²) >= 11 is 0. The van der Waals surface area contributed by atoms with E-state index in [0.717, 1.165) is 6.42 Å². The predicted octanol–water partition coefficient (Wildman–Crippen LogP) is 0.642. The van der Waals surface area contributed by atoms with E-state index in [1.54, 1.807) is 0 Å². The lowest BCUT2D eigenvalue weighted by Crippen LogP contribution is -2.45. The standard InChI is InChI=1S/C10H18N2O/c1-4-7-8(5-2)12-9(6-3)10(11)13/h1,8-9,12H,5-7H2,2-3H3,(H2,11,13). The van der Waals surface area contributed by atoms with Crippen LogP contribution in [0.3, 0.4) is 0 Å². The number of terminal acetylenes is 1. The molecule has 0 aliphatic rings. The van der Waals surface area contributed by atoms with Crippen LogP contribution >= 0.6 is 0 Å². The Bertz CT molecular complexity index is 196. The van der Waals surface area contributed by atoms with Crippen LogP contribution in [0.25, 0.3) is 0 Å². The number of amides is 1. The zero-order chi connectivity index (χ0) is 10.3. The lowest BCUT2D eigenvalue weighted by atomic mass is 10.1. The van der Waals surface area contributed by atoms with Crippen molar-refractivity contribution in [2.24, 2.45) is 5.73 Å². The van der Waals surface area contributed by atoms with Crippen molar-refractivity contribution in [1.82, 2.24) is 5.32 Å². The highest BCUT2D eigenvalue weighted by Gasteiger charge is 2.15. The molecule has 0 saturated carbocycles. The molecule has 3 nitrogen and oxygen atoms in total. The Labute approximate surface area is 80.1 Å². The summed E-state index contributed by atoms with van der Waals surface area (Å²) in [5, 5.41) is 3.14. The molecule has 0 aromatic carbocycles. The highest BCUT2D eigenvalue weighted by atomic mass is 16.1. The first kappa shape index (κ1) is 12.0. The van der Waals surface area contributed by atoms with Gasteiger partial charge in [0, 0.05) is 12.5 Å². The number of carbonyl (C=O) groups excluding carboxylic acids is 1. The summed E-state index contributed by atoms with van der Waals surface area (Å²) in [7, 11) is 0. The van der Waals surface area contributed by atoms with Crippen LogP contribution in [0.2, 0.25) is 0 Å². The van der Waals surface area contributed by atoms with Gasteiger partial charge in [0.05, 0.1) is 6.04 Å². The molecule has 2 unspecified atom stereocenters. The maximum Gasteiger partial charge on any atom is 0.234 e. The van der Waals surface area contributed by atoms with E-state index in [1.807, 2.05) is 13.8 Å². The van der Waals surface area contributed by atoms with Crippen molar-refractivity contribution in [3.05, 3.63) is 0 Å². The Morgan fingerprint density at radius 2 is 2.15 bits per heavy atom. The molecule has 0 aromatic heterocycles. The first-order valence-corrected chi connectivity index (χ1v) is 4.64. The maximum atomic E-state index is 10.9. The summed E-state index contributed by atoms with van der Waals surface area (Å²) in [5.41, 5.74) is 5.19. The van der Waals surface area contributed by atoms with Gasteiger partial charge in [0.25, 0.3) is 0 Å². The van der Waals surface area contributed by atoms with Gasteiger partial charge < -0.3 is 11.1 Å². The zero-order valence-corrected chi connectivity index (χ0v) is 8.34. The van der Waals surface area contributed by atoms with Gasteiger partial charge in [-0.3, -0.25) is 4.79 Å². The number of nitrogens with two attached hydrogens (primary N) is 1. The second-order valence-electron chi connectivity index (χ2n) is 3.04. The topological polar surface area (TPSA) is 55.1 Å². The van der Waals surface area contributed by atoms with E-state index in [-0.39, 0.29) is 18.0 Å². The van der Waals surface area contributed by atoms with Gasteiger partial charge >= 0.3 is 0 Å². The molecule has 0 aromatic rings. The molecule has 74 valence electrons. The van der Waals surface area contributed by atoms with E-state index < -0.39 is 0 Å². The Hall–Kier alpha value is -1.01. The number of rotatable bonds is 6. The Kier molecular flexibility index (Phi) is 5.99. The van der Waals surface area contributed by atoms with Crippen molar-refractivity contribution < 1.29 is 4.79 Å². The number of hydrogen-bond acceptors (Lipinski definition) is 2. The van der Waals surface area contributed by atoms with Gasteiger partial charge in [-0.25, -0.2) is 0 Å². The zero-order valence-electron chi connectivity index (χ0n) is 8.34. The van der Waals surface area contributed by atoms with Crippen molar-refractivity contribution in [2.75, 3.05) is 0 Å². The molecule has 3 heteroatoms. The molecular weight excluding hydrogens is 164 g/mol. The van der Waals surface area contributed by atoms with E-state index in [4.69, 9.17) is 12.2 Å². The number of carbonyl (C=O) groups is 1. The molecule has 0 aliphatic carbocycles. The van der Waals surface area contributed by atoms with E-state index in [9.17, 15) is 4.79 Å². The molecule has 13 heavy (non-hydrogen) atoms. The second-order valence-corrected chi connectivity index (χ2v) is 3.04. The van der Waals surface area contributed by atoms with E-state index in [1.165, 1.54) is 0 Å². The van der Waals surface area contributed by atoms with Crippen molar-refractivity contribution in [3.63, 3.8) is 0 Å². The first-order valence-electron chi connectivity index (χ1n) is 4.64. The third kappa shape index (κ3) is 4.54. The number of primary amides is 1. The van der Waals surface area contributed by atoms with Crippen molar-refractivity contribution in [3.8, 4) is 12.3 Å². The first-order chi connectivity index (χ1) is 6.15. The van der Waals surface area contributed by atoms with Crippen LogP contribution < -0.4 is 11.1 Å². The van der Waals surface area contributed by atoms with Crippen LogP contribution in [0.5, 0.6) is 0 Å². The average molecular weight is 182 g/mol. The summed E-state index contributed by atoms with van der Waals surface area (Å²) in [6, 6.07) is -0.0549. The van der Waals surface area contributed by atoms with Gasteiger partial charge in [0.15, 0.2) is 0 Å². The minimum Gasteiger partial charge on any atom is -0.368 e. The minimum atomic E-state index is -0.307. The Morgan fingerprint density at radius 3 is 2.46 bits per heavy atom. The second kappa shape index (κ2) is 6.50. The van der Waals surface area contributed by atoms with Crippen molar-refractivity contribution in [2.45, 2.75) is 45.2 Å². The predicted molar refractivity (Wildman–Crippen MR) is 53.9 cm³/mol. The normalized spacial score (nSPS) is 14.5. The van der Waals surface area contributed by atoms with Gasteiger partial charge in [-0.2, -0.15) is 0 Å². The Morgan fingerprint density at radius 1 is 1.54 bits per heavy atom. The summed E-state index contributed by atoms with van der Waals surface area (Å²) in [6.45, 7) is 3.95. The highest BCUT2D eigenvalue weighted by molar-refractivity contribution is 5.79. The minimum absolute atomic E-state index is 0.197.